The topological polar surface area (TPSA) is 77.9 Å². The van der Waals surface area contributed by atoms with Gasteiger partial charge in [-0.1, -0.05) is 60.7 Å². The summed E-state index contributed by atoms with van der Waals surface area (Å²) in [5.41, 5.74) is 2.00. The molecule has 3 rings (SSSR count). The first-order chi connectivity index (χ1) is 13.8. The summed E-state index contributed by atoms with van der Waals surface area (Å²) in [6, 6.07) is 24.0. The van der Waals surface area contributed by atoms with Crippen LogP contribution in [0.1, 0.15) is 17.2 Å². The Morgan fingerprint density at radius 3 is 1.62 bits per heavy atom. The Kier molecular flexibility index (Phi) is 6.00. The zero-order chi connectivity index (χ0) is 21.0. The Labute approximate surface area is 170 Å². The summed E-state index contributed by atoms with van der Waals surface area (Å²) in [6.45, 7) is 0. The molecule has 3 aromatic carbocycles. The van der Waals surface area contributed by atoms with Gasteiger partial charge in [0.2, 0.25) is 10.0 Å². The number of carboxylic acid groups (broad SMARTS) is 1. The highest BCUT2D eigenvalue weighted by molar-refractivity contribution is 7.89. The number of amides is 1. The van der Waals surface area contributed by atoms with Crippen LogP contribution in [0.5, 0.6) is 0 Å². The molecule has 1 N–H and O–H groups in total. The van der Waals surface area contributed by atoms with E-state index >= 15 is 0 Å². The van der Waals surface area contributed by atoms with E-state index in [1.807, 2.05) is 60.7 Å². The van der Waals surface area contributed by atoms with Crippen molar-refractivity contribution in [2.45, 2.75) is 10.9 Å². The molecule has 0 heterocycles. The molecular formula is C22H22N2O4S. The summed E-state index contributed by atoms with van der Waals surface area (Å²) in [4.78, 5) is 13.6. The average Bonchev–Trinajstić information content (AvgIpc) is 2.73. The van der Waals surface area contributed by atoms with Gasteiger partial charge in [-0.25, -0.2) is 17.5 Å². The van der Waals surface area contributed by atoms with Crippen molar-refractivity contribution in [3.05, 3.63) is 96.1 Å². The SMILES string of the molecule is CN(C)S(=O)(=O)c1ccc(N(C(=O)O)C(c2ccccc2)c2ccccc2)cc1. The lowest BCUT2D eigenvalue weighted by molar-refractivity contribution is 0.200. The van der Waals surface area contributed by atoms with Crippen molar-refractivity contribution in [2.24, 2.45) is 0 Å². The third-order valence-electron chi connectivity index (χ3n) is 4.59. The minimum absolute atomic E-state index is 0.104. The van der Waals surface area contributed by atoms with E-state index in [1.54, 1.807) is 0 Å². The third-order valence-corrected chi connectivity index (χ3v) is 6.42. The van der Waals surface area contributed by atoms with Crippen LogP contribution in [0.15, 0.2) is 89.8 Å². The van der Waals surface area contributed by atoms with Crippen LogP contribution >= 0.6 is 0 Å². The number of nitrogens with zero attached hydrogens (tertiary/aromatic N) is 2. The molecular weight excluding hydrogens is 388 g/mol. The molecule has 6 nitrogen and oxygen atoms in total. The molecule has 7 heteroatoms. The van der Waals surface area contributed by atoms with Gasteiger partial charge in [0, 0.05) is 19.8 Å². The molecule has 0 saturated heterocycles. The summed E-state index contributed by atoms with van der Waals surface area (Å²) in [5.74, 6) is 0. The van der Waals surface area contributed by atoms with Crippen LogP contribution in [0.2, 0.25) is 0 Å². The number of hydrogen-bond acceptors (Lipinski definition) is 3. The molecule has 0 bridgehead atoms. The molecule has 0 radical (unpaired) electrons. The first-order valence-corrected chi connectivity index (χ1v) is 10.4. The zero-order valence-electron chi connectivity index (χ0n) is 16.1. The van der Waals surface area contributed by atoms with Crippen molar-refractivity contribution in [3.63, 3.8) is 0 Å². The molecule has 3 aromatic rings. The molecule has 0 saturated carbocycles. The van der Waals surface area contributed by atoms with Crippen LogP contribution < -0.4 is 4.90 Å². The Morgan fingerprint density at radius 2 is 1.24 bits per heavy atom. The Bertz CT molecular complexity index is 1030. The quantitative estimate of drug-likeness (QED) is 0.660. The summed E-state index contributed by atoms with van der Waals surface area (Å²) in [6.07, 6.45) is -1.13. The van der Waals surface area contributed by atoms with Gasteiger partial charge in [0.1, 0.15) is 0 Å². The van der Waals surface area contributed by atoms with Crippen LogP contribution in [-0.4, -0.2) is 38.0 Å². The molecule has 0 unspecified atom stereocenters. The van der Waals surface area contributed by atoms with Gasteiger partial charge in [0.15, 0.2) is 0 Å². The maximum Gasteiger partial charge on any atom is 0.412 e. The van der Waals surface area contributed by atoms with Crippen molar-refractivity contribution < 1.29 is 18.3 Å². The predicted molar refractivity (Wildman–Crippen MR) is 113 cm³/mol. The molecule has 29 heavy (non-hydrogen) atoms. The minimum Gasteiger partial charge on any atom is -0.465 e. The van der Waals surface area contributed by atoms with Gasteiger partial charge in [-0.15, -0.1) is 0 Å². The van der Waals surface area contributed by atoms with Crippen molar-refractivity contribution in [1.29, 1.82) is 0 Å². The predicted octanol–water partition coefficient (Wildman–Crippen LogP) is 4.21. The number of rotatable bonds is 6. The van der Waals surface area contributed by atoms with Gasteiger partial charge in [0.25, 0.3) is 0 Å². The smallest absolute Gasteiger partial charge is 0.412 e. The van der Waals surface area contributed by atoms with E-state index in [0.717, 1.165) is 15.4 Å². The molecule has 1 amide bonds. The fraction of sp³-hybridized carbons (Fsp3) is 0.136. The maximum atomic E-state index is 12.3. The Hall–Kier alpha value is -3.16. The van der Waals surface area contributed by atoms with E-state index in [4.69, 9.17) is 0 Å². The number of anilines is 1. The maximum absolute atomic E-state index is 12.3. The highest BCUT2D eigenvalue weighted by atomic mass is 32.2. The van der Waals surface area contributed by atoms with Crippen molar-refractivity contribution in [1.82, 2.24) is 4.31 Å². The molecule has 0 aromatic heterocycles. The molecule has 0 aliphatic heterocycles. The van der Waals surface area contributed by atoms with Crippen molar-refractivity contribution in [3.8, 4) is 0 Å². The number of carbonyl (C=O) groups is 1. The first-order valence-electron chi connectivity index (χ1n) is 8.97. The number of hydrogen-bond donors (Lipinski definition) is 1. The fourth-order valence-electron chi connectivity index (χ4n) is 3.12. The van der Waals surface area contributed by atoms with Gasteiger partial charge in [-0.2, -0.15) is 0 Å². The summed E-state index contributed by atoms with van der Waals surface area (Å²) in [5, 5.41) is 10.0. The lowest BCUT2D eigenvalue weighted by Gasteiger charge is -2.30. The van der Waals surface area contributed by atoms with Gasteiger partial charge >= 0.3 is 6.09 Å². The van der Waals surface area contributed by atoms with E-state index in [-0.39, 0.29) is 4.90 Å². The molecule has 150 valence electrons. The molecule has 0 atom stereocenters. The van der Waals surface area contributed by atoms with Crippen LogP contribution in [-0.2, 0) is 10.0 Å². The van der Waals surface area contributed by atoms with E-state index in [2.05, 4.69) is 0 Å². The average molecular weight is 410 g/mol. The summed E-state index contributed by atoms with van der Waals surface area (Å²) in [7, 11) is -0.693. The van der Waals surface area contributed by atoms with Crippen molar-refractivity contribution >= 4 is 21.8 Å². The molecule has 0 spiro atoms. The van der Waals surface area contributed by atoms with Crippen LogP contribution in [0, 0.1) is 0 Å². The van der Waals surface area contributed by atoms with E-state index < -0.39 is 22.2 Å². The normalized spacial score (nSPS) is 11.6. The molecule has 0 fully saturated rings. The second-order valence-corrected chi connectivity index (χ2v) is 8.81. The lowest BCUT2D eigenvalue weighted by Crippen LogP contribution is -2.34. The highest BCUT2D eigenvalue weighted by Gasteiger charge is 2.28. The standard InChI is InChI=1S/C22H22N2O4S/c1-23(2)29(27,28)20-15-13-19(14-16-20)24(22(25)26)21(17-9-5-3-6-10-17)18-11-7-4-8-12-18/h3-16,21H,1-2H3,(H,25,26). The number of benzene rings is 3. The van der Waals surface area contributed by atoms with E-state index in [0.29, 0.717) is 5.69 Å². The van der Waals surface area contributed by atoms with Crippen LogP contribution in [0.4, 0.5) is 10.5 Å². The molecule has 0 aliphatic rings. The van der Waals surface area contributed by atoms with E-state index in [9.17, 15) is 18.3 Å². The Balaban J connectivity index is 2.11. The summed E-state index contributed by atoms with van der Waals surface area (Å²) >= 11 is 0. The lowest BCUT2D eigenvalue weighted by atomic mass is 9.97. The van der Waals surface area contributed by atoms with Gasteiger partial charge in [-0.3, -0.25) is 4.90 Å². The largest absolute Gasteiger partial charge is 0.465 e. The second kappa shape index (κ2) is 8.46. The zero-order valence-corrected chi connectivity index (χ0v) is 17.0. The van der Waals surface area contributed by atoms with Crippen molar-refractivity contribution in [2.75, 3.05) is 19.0 Å². The summed E-state index contributed by atoms with van der Waals surface area (Å²) < 4.78 is 25.8. The number of sulfonamides is 1. The highest BCUT2D eigenvalue weighted by Crippen LogP contribution is 2.33. The fourth-order valence-corrected chi connectivity index (χ4v) is 4.02. The van der Waals surface area contributed by atoms with Gasteiger partial charge < -0.3 is 5.11 Å². The van der Waals surface area contributed by atoms with Gasteiger partial charge in [0.05, 0.1) is 10.9 Å². The minimum atomic E-state index is -3.60. The monoisotopic (exact) mass is 410 g/mol. The third kappa shape index (κ3) is 4.31. The van der Waals surface area contributed by atoms with Crippen LogP contribution in [0.25, 0.3) is 0 Å². The Morgan fingerprint density at radius 1 is 0.793 bits per heavy atom. The molecule has 0 aliphatic carbocycles. The van der Waals surface area contributed by atoms with E-state index in [1.165, 1.54) is 43.3 Å². The second-order valence-electron chi connectivity index (χ2n) is 6.66. The van der Waals surface area contributed by atoms with Gasteiger partial charge in [-0.05, 0) is 35.4 Å². The first kappa shape index (κ1) is 20.6. The van der Waals surface area contributed by atoms with Crippen LogP contribution in [0.3, 0.4) is 0 Å².